The zero-order valence-corrected chi connectivity index (χ0v) is 17.0. The van der Waals surface area contributed by atoms with Crippen LogP contribution in [0.3, 0.4) is 0 Å². The summed E-state index contributed by atoms with van der Waals surface area (Å²) in [5, 5.41) is 0. The third kappa shape index (κ3) is 10.3. The van der Waals surface area contributed by atoms with Gasteiger partial charge in [0.25, 0.3) is 0 Å². The Hall–Kier alpha value is 1.09. The summed E-state index contributed by atoms with van der Waals surface area (Å²) in [6, 6.07) is -0.696. The standard InChI is InChI=1S/C7H16BO12P3S2/c1-24-25-4-16-5-2-7(8)18-6(5)3-17-22(12,13)20-23(14,15)19-21(9,10)11/h5-7H,2-4H2,1H3,(H,12,13)(H,14,15)(H2,9,10,11)/t5-,6+,7+/m0/s1. The van der Waals surface area contributed by atoms with Gasteiger partial charge in [-0.1, -0.05) is 21.6 Å². The first-order valence-corrected chi connectivity index (χ1v) is 13.5. The molecule has 1 saturated heterocycles. The maximum absolute atomic E-state index is 11.6. The smallest absolute Gasteiger partial charge is 0.380 e. The highest BCUT2D eigenvalue weighted by Gasteiger charge is 2.42. The zero-order valence-electron chi connectivity index (χ0n) is 12.6. The van der Waals surface area contributed by atoms with E-state index in [9.17, 15) is 18.6 Å². The highest BCUT2D eigenvalue weighted by Crippen LogP contribution is 2.66. The van der Waals surface area contributed by atoms with Crippen LogP contribution in [0.4, 0.5) is 0 Å². The Kier molecular flexibility index (Phi) is 9.69. The molecule has 1 heterocycles. The van der Waals surface area contributed by atoms with Gasteiger partial charge in [0.1, 0.15) is 19.9 Å². The Balaban J connectivity index is 2.57. The van der Waals surface area contributed by atoms with Gasteiger partial charge in [-0.05, 0) is 12.7 Å². The van der Waals surface area contributed by atoms with Crippen LogP contribution in [-0.2, 0) is 36.3 Å². The summed E-state index contributed by atoms with van der Waals surface area (Å²) in [4.78, 5) is 35.3. The Bertz CT molecular complexity index is 573. The normalized spacial score (nSPS) is 29.2. The fraction of sp³-hybridized carbons (Fsp3) is 1.00. The van der Waals surface area contributed by atoms with Crippen molar-refractivity contribution in [2.75, 3.05) is 18.8 Å². The van der Waals surface area contributed by atoms with Crippen molar-refractivity contribution in [1.82, 2.24) is 0 Å². The molecule has 0 spiro atoms. The average Bonchev–Trinajstić information content (AvgIpc) is 2.73. The van der Waals surface area contributed by atoms with Crippen LogP contribution in [0.15, 0.2) is 0 Å². The molecule has 0 aromatic heterocycles. The second-order valence-electron chi connectivity index (χ2n) is 4.44. The predicted molar refractivity (Wildman–Crippen MR) is 89.7 cm³/mol. The molecule has 0 aromatic carbocycles. The van der Waals surface area contributed by atoms with Crippen LogP contribution in [0.1, 0.15) is 6.42 Å². The van der Waals surface area contributed by atoms with E-state index in [0.29, 0.717) is 12.4 Å². The van der Waals surface area contributed by atoms with E-state index in [4.69, 9.17) is 32.0 Å². The maximum Gasteiger partial charge on any atom is 0.490 e. The molecule has 12 nitrogen and oxygen atoms in total. The lowest BCUT2D eigenvalue weighted by molar-refractivity contribution is -0.0237. The zero-order chi connectivity index (χ0) is 19.3. The molecule has 1 aliphatic heterocycles. The Morgan fingerprint density at radius 3 is 2.36 bits per heavy atom. The average molecular weight is 460 g/mol. The Labute approximate surface area is 152 Å². The van der Waals surface area contributed by atoms with Gasteiger partial charge < -0.3 is 29.0 Å². The van der Waals surface area contributed by atoms with Gasteiger partial charge in [-0.2, -0.15) is 8.62 Å². The first-order valence-electron chi connectivity index (χ1n) is 6.30. The van der Waals surface area contributed by atoms with E-state index in [1.54, 1.807) is 0 Å². The highest BCUT2D eigenvalue weighted by atomic mass is 33.1. The van der Waals surface area contributed by atoms with E-state index in [1.807, 2.05) is 6.26 Å². The van der Waals surface area contributed by atoms with Crippen LogP contribution in [0.2, 0.25) is 0 Å². The number of ether oxygens (including phenoxy) is 2. The van der Waals surface area contributed by atoms with E-state index in [2.05, 4.69) is 13.1 Å². The molecule has 25 heavy (non-hydrogen) atoms. The molecule has 4 N–H and O–H groups in total. The highest BCUT2D eigenvalue weighted by molar-refractivity contribution is 8.76. The third-order valence-electron chi connectivity index (χ3n) is 2.49. The summed E-state index contributed by atoms with van der Waals surface area (Å²) in [6.45, 7) is -0.591. The van der Waals surface area contributed by atoms with Gasteiger partial charge in [0.05, 0.1) is 12.7 Å². The van der Waals surface area contributed by atoms with Crippen molar-refractivity contribution < 1.29 is 55.9 Å². The SMILES string of the molecule is [B][C@H]1C[C@H](OCSSC)[C@@H](COP(=O)(O)OP(=O)(O)OP(=O)(O)O)O1. The molecule has 2 unspecified atom stereocenters. The number of phosphoric ester groups is 1. The van der Waals surface area contributed by atoms with E-state index in [0.717, 1.165) is 0 Å². The molecule has 1 fully saturated rings. The minimum absolute atomic E-state index is 0.291. The monoisotopic (exact) mass is 460 g/mol. The van der Waals surface area contributed by atoms with Crippen LogP contribution in [0.5, 0.6) is 0 Å². The second-order valence-corrected chi connectivity index (χ2v) is 11.4. The minimum atomic E-state index is -5.55. The molecule has 1 aliphatic rings. The second kappa shape index (κ2) is 10.0. The van der Waals surface area contributed by atoms with Crippen molar-refractivity contribution in [2.45, 2.75) is 24.6 Å². The van der Waals surface area contributed by atoms with Gasteiger partial charge in [0.15, 0.2) is 0 Å². The van der Waals surface area contributed by atoms with Crippen molar-refractivity contribution in [2.24, 2.45) is 0 Å². The molecule has 0 amide bonds. The van der Waals surface area contributed by atoms with Crippen LogP contribution in [0.25, 0.3) is 0 Å². The molecule has 146 valence electrons. The van der Waals surface area contributed by atoms with Gasteiger partial charge in [0.2, 0.25) is 0 Å². The quantitative estimate of drug-likeness (QED) is 0.113. The third-order valence-corrected chi connectivity index (χ3v) is 7.76. The topological polar surface area (TPSA) is 178 Å². The lowest BCUT2D eigenvalue weighted by Gasteiger charge is -2.21. The number of hydrogen-bond acceptors (Lipinski definition) is 10. The lowest BCUT2D eigenvalue weighted by atomic mass is 9.96. The van der Waals surface area contributed by atoms with Gasteiger partial charge >= 0.3 is 23.5 Å². The molecular formula is C7H16BO12P3S2. The first kappa shape index (κ1) is 24.1. The molecule has 0 bridgehead atoms. The molecule has 1 rings (SSSR count). The lowest BCUT2D eigenvalue weighted by Crippen LogP contribution is -2.28. The first-order chi connectivity index (χ1) is 11.3. The molecule has 0 saturated carbocycles. The van der Waals surface area contributed by atoms with Crippen LogP contribution in [0, 0.1) is 0 Å². The van der Waals surface area contributed by atoms with Crippen molar-refractivity contribution in [3.8, 4) is 0 Å². The van der Waals surface area contributed by atoms with Crippen LogP contribution in [-0.4, -0.2) is 64.4 Å². The summed E-state index contributed by atoms with van der Waals surface area (Å²) in [5.41, 5.74) is 0. The molecular weight excluding hydrogens is 444 g/mol. The van der Waals surface area contributed by atoms with Crippen molar-refractivity contribution >= 4 is 52.9 Å². The van der Waals surface area contributed by atoms with E-state index < -0.39 is 48.3 Å². The minimum Gasteiger partial charge on any atom is -0.380 e. The summed E-state index contributed by atoms with van der Waals surface area (Å²) in [7, 11) is -7.71. The maximum atomic E-state index is 11.6. The van der Waals surface area contributed by atoms with Crippen LogP contribution >= 0.6 is 45.1 Å². The van der Waals surface area contributed by atoms with Crippen LogP contribution < -0.4 is 0 Å². The van der Waals surface area contributed by atoms with Gasteiger partial charge in [-0.25, -0.2) is 13.7 Å². The van der Waals surface area contributed by atoms with Gasteiger partial charge in [-0.15, -0.1) is 0 Å². The summed E-state index contributed by atoms with van der Waals surface area (Å²) in [5.74, 6) is 0.299. The predicted octanol–water partition coefficient (Wildman–Crippen LogP) is 0.967. The number of rotatable bonds is 11. The fourth-order valence-corrected chi connectivity index (χ4v) is 5.52. The molecule has 18 heteroatoms. The fourth-order valence-electron chi connectivity index (χ4n) is 1.70. The van der Waals surface area contributed by atoms with E-state index >= 15 is 0 Å². The number of hydrogen-bond donors (Lipinski definition) is 4. The summed E-state index contributed by atoms with van der Waals surface area (Å²) >= 11 is 0. The molecule has 0 aliphatic carbocycles. The summed E-state index contributed by atoms with van der Waals surface area (Å²) in [6.07, 6.45) is 0.723. The molecule has 0 aromatic rings. The van der Waals surface area contributed by atoms with E-state index in [1.165, 1.54) is 21.6 Å². The number of phosphoric acid groups is 3. The van der Waals surface area contributed by atoms with Crippen molar-refractivity contribution in [3.05, 3.63) is 0 Å². The summed E-state index contributed by atoms with van der Waals surface area (Å²) < 4.78 is 55.8. The Morgan fingerprint density at radius 1 is 1.16 bits per heavy atom. The van der Waals surface area contributed by atoms with Gasteiger partial charge in [-0.3, -0.25) is 4.52 Å². The largest absolute Gasteiger partial charge is 0.490 e. The van der Waals surface area contributed by atoms with Crippen molar-refractivity contribution in [3.63, 3.8) is 0 Å². The Morgan fingerprint density at radius 2 is 1.80 bits per heavy atom. The molecule has 5 atom stereocenters. The van der Waals surface area contributed by atoms with Crippen molar-refractivity contribution in [1.29, 1.82) is 0 Å². The van der Waals surface area contributed by atoms with Gasteiger partial charge in [0, 0.05) is 6.00 Å². The molecule has 2 radical (unpaired) electrons. The van der Waals surface area contributed by atoms with E-state index in [-0.39, 0.29) is 0 Å².